The molecule has 0 spiro atoms. The Hall–Kier alpha value is -3.29. The predicted molar refractivity (Wildman–Crippen MR) is 90.4 cm³/mol. The summed E-state index contributed by atoms with van der Waals surface area (Å²) in [5.41, 5.74) is 1.58. The van der Waals surface area contributed by atoms with Gasteiger partial charge in [0.25, 0.3) is 5.78 Å². The number of rotatable bonds is 6. The van der Waals surface area contributed by atoms with E-state index in [1.54, 1.807) is 23.0 Å². The number of carbonyl (C=O) groups excluding carboxylic acids is 1. The van der Waals surface area contributed by atoms with Gasteiger partial charge < -0.3 is 10.6 Å². The van der Waals surface area contributed by atoms with E-state index in [0.29, 0.717) is 24.0 Å². The highest BCUT2D eigenvalue weighted by Gasteiger charge is 2.12. The van der Waals surface area contributed by atoms with Crippen LogP contribution in [0.5, 0.6) is 0 Å². The van der Waals surface area contributed by atoms with E-state index in [4.69, 9.17) is 0 Å². The topological polar surface area (TPSA) is 97.1 Å². The number of nitrogens with one attached hydrogen (secondary N) is 2. The number of hydrogen-bond donors (Lipinski definition) is 2. The van der Waals surface area contributed by atoms with Gasteiger partial charge in [-0.3, -0.25) is 9.78 Å². The molecule has 2 N–H and O–H groups in total. The Morgan fingerprint density at radius 3 is 3.04 bits per heavy atom. The molecule has 0 aliphatic rings. The zero-order valence-corrected chi connectivity index (χ0v) is 13.2. The second-order valence-electron chi connectivity index (χ2n) is 5.12. The third-order valence-corrected chi connectivity index (χ3v) is 3.23. The zero-order valence-electron chi connectivity index (χ0n) is 13.2. The van der Waals surface area contributed by atoms with Gasteiger partial charge in [0.1, 0.15) is 5.82 Å². The van der Waals surface area contributed by atoms with Crippen molar-refractivity contribution in [1.29, 1.82) is 0 Å². The molecule has 0 fully saturated rings. The SMILES string of the molecule is C=CCNC(=O)CNc1cc(C)nc2nc(-c3cccnc3)nn12. The summed E-state index contributed by atoms with van der Waals surface area (Å²) in [6, 6.07) is 5.52. The number of hydrogen-bond acceptors (Lipinski definition) is 6. The van der Waals surface area contributed by atoms with Crippen LogP contribution in [0.3, 0.4) is 0 Å². The van der Waals surface area contributed by atoms with E-state index in [9.17, 15) is 4.79 Å². The van der Waals surface area contributed by atoms with Gasteiger partial charge in [0.15, 0.2) is 5.82 Å². The highest BCUT2D eigenvalue weighted by molar-refractivity contribution is 5.80. The van der Waals surface area contributed by atoms with Gasteiger partial charge in [-0.15, -0.1) is 11.7 Å². The lowest BCUT2D eigenvalue weighted by Gasteiger charge is -2.08. The maximum Gasteiger partial charge on any atom is 0.254 e. The Balaban J connectivity index is 1.89. The molecular formula is C16H17N7O. The van der Waals surface area contributed by atoms with Crippen LogP contribution < -0.4 is 10.6 Å². The molecule has 8 nitrogen and oxygen atoms in total. The first kappa shape index (κ1) is 15.6. The minimum Gasteiger partial charge on any atom is -0.361 e. The van der Waals surface area contributed by atoms with Crippen molar-refractivity contribution in [3.05, 3.63) is 48.9 Å². The number of amides is 1. The first-order valence-corrected chi connectivity index (χ1v) is 7.43. The van der Waals surface area contributed by atoms with Gasteiger partial charge in [0, 0.05) is 36.3 Å². The molecule has 3 rings (SSSR count). The quantitative estimate of drug-likeness (QED) is 0.662. The molecule has 1 amide bonds. The molecule has 8 heteroatoms. The molecule has 122 valence electrons. The van der Waals surface area contributed by atoms with Gasteiger partial charge in [-0.1, -0.05) is 6.08 Å². The van der Waals surface area contributed by atoms with Crippen molar-refractivity contribution < 1.29 is 4.79 Å². The van der Waals surface area contributed by atoms with Gasteiger partial charge in [-0.25, -0.2) is 4.98 Å². The largest absolute Gasteiger partial charge is 0.361 e. The smallest absolute Gasteiger partial charge is 0.254 e. The zero-order chi connectivity index (χ0) is 16.9. The fourth-order valence-electron chi connectivity index (χ4n) is 2.15. The number of carbonyl (C=O) groups is 1. The molecular weight excluding hydrogens is 306 g/mol. The van der Waals surface area contributed by atoms with Crippen LogP contribution in [-0.2, 0) is 4.79 Å². The second-order valence-corrected chi connectivity index (χ2v) is 5.12. The fourth-order valence-corrected chi connectivity index (χ4v) is 2.15. The van der Waals surface area contributed by atoms with E-state index >= 15 is 0 Å². The molecule has 0 unspecified atom stereocenters. The summed E-state index contributed by atoms with van der Waals surface area (Å²) < 4.78 is 1.58. The first-order chi connectivity index (χ1) is 11.7. The normalized spacial score (nSPS) is 10.5. The monoisotopic (exact) mass is 323 g/mol. The Labute approximate surface area is 138 Å². The highest BCUT2D eigenvalue weighted by atomic mass is 16.1. The number of anilines is 1. The molecule has 0 atom stereocenters. The first-order valence-electron chi connectivity index (χ1n) is 7.43. The van der Waals surface area contributed by atoms with Crippen LogP contribution in [0.2, 0.25) is 0 Å². The van der Waals surface area contributed by atoms with Gasteiger partial charge in [-0.05, 0) is 19.1 Å². The molecule has 24 heavy (non-hydrogen) atoms. The number of aryl methyl sites for hydroxylation is 1. The minimum absolute atomic E-state index is 0.120. The Morgan fingerprint density at radius 1 is 1.42 bits per heavy atom. The predicted octanol–water partition coefficient (Wildman–Crippen LogP) is 1.21. The second kappa shape index (κ2) is 6.86. The van der Waals surface area contributed by atoms with Crippen LogP contribution in [0.4, 0.5) is 5.82 Å². The standard InChI is InChI=1S/C16H17N7O/c1-3-6-18-14(24)10-19-13-8-11(2)20-16-21-15(22-23(13)16)12-5-4-7-17-9-12/h3-5,7-9,19H,1,6,10H2,2H3,(H,18,24). The number of fused-ring (bicyclic) bond motifs is 1. The van der Waals surface area contributed by atoms with E-state index in [1.807, 2.05) is 25.1 Å². The molecule has 0 saturated heterocycles. The summed E-state index contributed by atoms with van der Waals surface area (Å²) in [5.74, 6) is 1.50. The van der Waals surface area contributed by atoms with Crippen LogP contribution >= 0.6 is 0 Å². The summed E-state index contributed by atoms with van der Waals surface area (Å²) in [4.78, 5) is 24.6. The number of pyridine rings is 1. The third-order valence-electron chi connectivity index (χ3n) is 3.23. The van der Waals surface area contributed by atoms with Crippen molar-refractivity contribution >= 4 is 17.5 Å². The Bertz CT molecular complexity index is 873. The van der Waals surface area contributed by atoms with E-state index in [0.717, 1.165) is 11.3 Å². The summed E-state index contributed by atoms with van der Waals surface area (Å²) in [7, 11) is 0. The average molecular weight is 323 g/mol. The van der Waals surface area contributed by atoms with Crippen LogP contribution in [0.15, 0.2) is 43.2 Å². The van der Waals surface area contributed by atoms with E-state index < -0.39 is 0 Å². The molecule has 0 aliphatic carbocycles. The molecule has 0 bridgehead atoms. The van der Waals surface area contributed by atoms with E-state index in [1.165, 1.54) is 0 Å². The Morgan fingerprint density at radius 2 is 2.29 bits per heavy atom. The summed E-state index contributed by atoms with van der Waals surface area (Å²) in [6.07, 6.45) is 5.01. The van der Waals surface area contributed by atoms with Crippen molar-refractivity contribution in [3.63, 3.8) is 0 Å². The van der Waals surface area contributed by atoms with Crippen molar-refractivity contribution in [1.82, 2.24) is 29.9 Å². The fraction of sp³-hybridized carbons (Fsp3) is 0.188. The number of aromatic nitrogens is 5. The molecule has 0 saturated carbocycles. The minimum atomic E-state index is -0.134. The lowest BCUT2D eigenvalue weighted by molar-refractivity contribution is -0.119. The summed E-state index contributed by atoms with van der Waals surface area (Å²) in [5, 5.41) is 10.2. The van der Waals surface area contributed by atoms with Crippen molar-refractivity contribution in [3.8, 4) is 11.4 Å². The molecule has 3 heterocycles. The highest BCUT2D eigenvalue weighted by Crippen LogP contribution is 2.17. The Kier molecular flexibility index (Phi) is 4.46. The summed E-state index contributed by atoms with van der Waals surface area (Å²) in [6.45, 7) is 5.98. The van der Waals surface area contributed by atoms with E-state index in [-0.39, 0.29) is 12.5 Å². The van der Waals surface area contributed by atoms with Crippen LogP contribution in [0.1, 0.15) is 5.69 Å². The molecule has 3 aromatic rings. The van der Waals surface area contributed by atoms with Crippen LogP contribution in [0, 0.1) is 6.92 Å². The van der Waals surface area contributed by atoms with Gasteiger partial charge in [-0.2, -0.15) is 9.50 Å². The lowest BCUT2D eigenvalue weighted by atomic mass is 10.3. The molecule has 0 aromatic carbocycles. The number of nitrogens with zero attached hydrogens (tertiary/aromatic N) is 5. The van der Waals surface area contributed by atoms with Crippen molar-refractivity contribution in [2.75, 3.05) is 18.4 Å². The third kappa shape index (κ3) is 3.37. The van der Waals surface area contributed by atoms with E-state index in [2.05, 4.69) is 37.3 Å². The van der Waals surface area contributed by atoms with Gasteiger partial charge >= 0.3 is 0 Å². The van der Waals surface area contributed by atoms with Crippen molar-refractivity contribution in [2.45, 2.75) is 6.92 Å². The summed E-state index contributed by atoms with van der Waals surface area (Å²) >= 11 is 0. The average Bonchev–Trinajstić information content (AvgIpc) is 3.02. The van der Waals surface area contributed by atoms with Crippen molar-refractivity contribution in [2.24, 2.45) is 0 Å². The van der Waals surface area contributed by atoms with Gasteiger partial charge in [0.05, 0.1) is 6.54 Å². The van der Waals surface area contributed by atoms with Crippen LogP contribution in [-0.4, -0.2) is 43.6 Å². The molecule has 3 aromatic heterocycles. The maximum absolute atomic E-state index is 11.7. The van der Waals surface area contributed by atoms with Crippen LogP contribution in [0.25, 0.3) is 17.2 Å². The molecule has 0 aliphatic heterocycles. The van der Waals surface area contributed by atoms with Gasteiger partial charge in [0.2, 0.25) is 5.91 Å². The molecule has 0 radical (unpaired) electrons. The lowest BCUT2D eigenvalue weighted by Crippen LogP contribution is -2.30. The maximum atomic E-state index is 11.7.